The molecule has 5 nitrogen and oxygen atoms in total. The van der Waals surface area contributed by atoms with Crippen LogP contribution in [-0.2, 0) is 23.8 Å². The fraction of sp³-hybridized carbons (Fsp3) is 0.455. The molecule has 0 amide bonds. The lowest BCUT2D eigenvalue weighted by molar-refractivity contribution is -0.140. The van der Waals surface area contributed by atoms with Crippen LogP contribution in [0.2, 0.25) is 0 Å². The van der Waals surface area contributed by atoms with Crippen LogP contribution in [0.15, 0.2) is 25.0 Å². The number of hydrogen-bond acceptors (Lipinski definition) is 5. The number of carbonyl (C=O) groups excluding carboxylic acids is 2. The third-order valence-corrected chi connectivity index (χ3v) is 1.12. The highest BCUT2D eigenvalue weighted by Crippen LogP contribution is 1.90. The summed E-state index contributed by atoms with van der Waals surface area (Å²) in [5.74, 6) is -0.693. The standard InChI is InChI=1S/C7H12O3.C4H6O2/c1-6(2)7(8)10-5-4-9-3;1-3-6-4(2)5/h1,4-5H2,2-3H3;3H,1H2,2H3. The van der Waals surface area contributed by atoms with Crippen molar-refractivity contribution >= 4 is 11.9 Å². The number of methoxy groups -OCH3 is 1. The van der Waals surface area contributed by atoms with Crippen LogP contribution in [0.1, 0.15) is 13.8 Å². The largest absolute Gasteiger partial charge is 0.460 e. The van der Waals surface area contributed by atoms with Gasteiger partial charge in [0.1, 0.15) is 6.61 Å². The molecular weight excluding hydrogens is 212 g/mol. The lowest BCUT2D eigenvalue weighted by atomic mass is 10.4. The monoisotopic (exact) mass is 230 g/mol. The second kappa shape index (κ2) is 11.5. The van der Waals surface area contributed by atoms with Crippen LogP contribution in [0.4, 0.5) is 0 Å². The number of hydrogen-bond donors (Lipinski definition) is 0. The fourth-order valence-corrected chi connectivity index (χ4v) is 0.458. The van der Waals surface area contributed by atoms with Gasteiger partial charge in [-0.25, -0.2) is 4.79 Å². The SMILES string of the molecule is C=C(C)C(=O)OCCOC.C=COC(C)=O. The van der Waals surface area contributed by atoms with Crippen molar-refractivity contribution in [3.05, 3.63) is 25.0 Å². The summed E-state index contributed by atoms with van der Waals surface area (Å²) in [5, 5.41) is 0. The van der Waals surface area contributed by atoms with E-state index in [1.165, 1.54) is 6.92 Å². The average Bonchev–Trinajstić information content (AvgIpc) is 2.18. The minimum Gasteiger partial charge on any atom is -0.460 e. The Morgan fingerprint density at radius 2 is 1.81 bits per heavy atom. The number of ether oxygens (including phenoxy) is 3. The van der Waals surface area contributed by atoms with Gasteiger partial charge in [-0.05, 0) is 6.92 Å². The van der Waals surface area contributed by atoms with Crippen LogP contribution in [-0.4, -0.2) is 32.3 Å². The molecule has 0 aliphatic carbocycles. The Hall–Kier alpha value is -1.62. The van der Waals surface area contributed by atoms with Gasteiger partial charge in [0.15, 0.2) is 0 Å². The molecule has 0 radical (unpaired) electrons. The molecule has 0 atom stereocenters. The van der Waals surface area contributed by atoms with E-state index in [-0.39, 0.29) is 11.9 Å². The molecule has 0 rings (SSSR count). The first-order valence-electron chi connectivity index (χ1n) is 4.55. The van der Waals surface area contributed by atoms with E-state index in [9.17, 15) is 9.59 Å². The molecule has 92 valence electrons. The maximum atomic E-state index is 10.6. The molecule has 0 heterocycles. The lowest BCUT2D eigenvalue weighted by Gasteiger charge is -2.01. The Kier molecular flexibility index (Phi) is 12.0. The van der Waals surface area contributed by atoms with Gasteiger partial charge in [0.25, 0.3) is 0 Å². The van der Waals surface area contributed by atoms with E-state index in [1.54, 1.807) is 14.0 Å². The maximum Gasteiger partial charge on any atom is 0.333 e. The molecule has 5 heteroatoms. The minimum atomic E-state index is -0.364. The highest BCUT2D eigenvalue weighted by molar-refractivity contribution is 5.86. The van der Waals surface area contributed by atoms with Crippen LogP contribution in [0, 0.1) is 0 Å². The number of carbonyl (C=O) groups is 2. The van der Waals surface area contributed by atoms with Gasteiger partial charge in [-0.15, -0.1) is 0 Å². The first-order chi connectivity index (χ1) is 7.45. The van der Waals surface area contributed by atoms with E-state index < -0.39 is 0 Å². The second-order valence-corrected chi connectivity index (χ2v) is 2.69. The molecule has 0 aliphatic rings. The summed E-state index contributed by atoms with van der Waals surface area (Å²) < 4.78 is 13.5. The summed E-state index contributed by atoms with van der Waals surface area (Å²) in [6.45, 7) is 10.2. The van der Waals surface area contributed by atoms with E-state index in [4.69, 9.17) is 0 Å². The fourth-order valence-electron chi connectivity index (χ4n) is 0.458. The Bertz CT molecular complexity index is 245. The molecule has 0 unspecified atom stereocenters. The first-order valence-corrected chi connectivity index (χ1v) is 4.55. The van der Waals surface area contributed by atoms with Crippen LogP contribution in [0.3, 0.4) is 0 Å². The Balaban J connectivity index is 0. The van der Waals surface area contributed by atoms with Gasteiger partial charge in [-0.2, -0.15) is 0 Å². The topological polar surface area (TPSA) is 61.8 Å². The molecule has 0 aromatic carbocycles. The van der Waals surface area contributed by atoms with Gasteiger partial charge in [-0.3, -0.25) is 4.79 Å². The number of rotatable bonds is 5. The Morgan fingerprint density at radius 3 is 2.06 bits per heavy atom. The zero-order valence-corrected chi connectivity index (χ0v) is 9.95. The zero-order chi connectivity index (χ0) is 13.0. The van der Waals surface area contributed by atoms with Gasteiger partial charge in [0, 0.05) is 19.6 Å². The van der Waals surface area contributed by atoms with Crippen LogP contribution >= 0.6 is 0 Å². The summed E-state index contributed by atoms with van der Waals surface area (Å²) in [7, 11) is 1.55. The van der Waals surface area contributed by atoms with Gasteiger partial charge >= 0.3 is 11.9 Å². The van der Waals surface area contributed by atoms with Crippen LogP contribution in [0.5, 0.6) is 0 Å². The van der Waals surface area contributed by atoms with Crippen molar-refractivity contribution in [1.29, 1.82) is 0 Å². The molecule has 0 N–H and O–H groups in total. The van der Waals surface area contributed by atoms with E-state index in [2.05, 4.69) is 27.4 Å². The predicted octanol–water partition coefficient (Wildman–Crippen LogP) is 1.45. The van der Waals surface area contributed by atoms with Crippen molar-refractivity contribution in [2.24, 2.45) is 0 Å². The maximum absolute atomic E-state index is 10.6. The van der Waals surface area contributed by atoms with E-state index in [0.29, 0.717) is 18.8 Å². The molecular formula is C11H18O5. The molecule has 16 heavy (non-hydrogen) atoms. The lowest BCUT2D eigenvalue weighted by Crippen LogP contribution is -2.09. The van der Waals surface area contributed by atoms with Crippen LogP contribution < -0.4 is 0 Å². The third kappa shape index (κ3) is 14.9. The van der Waals surface area contributed by atoms with Crippen molar-refractivity contribution in [3.8, 4) is 0 Å². The summed E-state index contributed by atoms with van der Waals surface area (Å²) in [6, 6.07) is 0. The molecule has 0 aromatic rings. The van der Waals surface area contributed by atoms with Crippen molar-refractivity contribution in [1.82, 2.24) is 0 Å². The molecule has 0 saturated heterocycles. The minimum absolute atomic E-state index is 0.294. The normalized spacial score (nSPS) is 8.19. The molecule has 0 saturated carbocycles. The van der Waals surface area contributed by atoms with Crippen LogP contribution in [0.25, 0.3) is 0 Å². The molecule has 0 aliphatic heterocycles. The quantitative estimate of drug-likeness (QED) is 0.309. The number of esters is 2. The molecule has 0 fully saturated rings. The molecule has 0 aromatic heterocycles. The first kappa shape index (κ1) is 16.8. The molecule has 0 bridgehead atoms. The smallest absolute Gasteiger partial charge is 0.333 e. The molecule has 0 spiro atoms. The highest BCUT2D eigenvalue weighted by Gasteiger charge is 2.00. The summed E-state index contributed by atoms with van der Waals surface area (Å²) >= 11 is 0. The van der Waals surface area contributed by atoms with Gasteiger partial charge in [0.05, 0.1) is 12.9 Å². The third-order valence-electron chi connectivity index (χ3n) is 1.12. The average molecular weight is 230 g/mol. The summed E-state index contributed by atoms with van der Waals surface area (Å²) in [6.07, 6.45) is 1.10. The van der Waals surface area contributed by atoms with E-state index >= 15 is 0 Å². The van der Waals surface area contributed by atoms with Crippen molar-refractivity contribution in [2.75, 3.05) is 20.3 Å². The predicted molar refractivity (Wildman–Crippen MR) is 59.6 cm³/mol. The van der Waals surface area contributed by atoms with Crippen molar-refractivity contribution in [2.45, 2.75) is 13.8 Å². The van der Waals surface area contributed by atoms with Gasteiger partial charge in [-0.1, -0.05) is 13.2 Å². The zero-order valence-electron chi connectivity index (χ0n) is 9.95. The highest BCUT2D eigenvalue weighted by atomic mass is 16.6. The van der Waals surface area contributed by atoms with Crippen molar-refractivity contribution < 1.29 is 23.8 Å². The Morgan fingerprint density at radius 1 is 1.25 bits per heavy atom. The summed E-state index contributed by atoms with van der Waals surface area (Å²) in [5.41, 5.74) is 0.413. The van der Waals surface area contributed by atoms with E-state index in [1.807, 2.05) is 0 Å². The summed E-state index contributed by atoms with van der Waals surface area (Å²) in [4.78, 5) is 20.4. The van der Waals surface area contributed by atoms with Gasteiger partial charge < -0.3 is 14.2 Å². The second-order valence-electron chi connectivity index (χ2n) is 2.69. The van der Waals surface area contributed by atoms with Gasteiger partial charge in [0.2, 0.25) is 0 Å². The van der Waals surface area contributed by atoms with E-state index in [0.717, 1.165) is 6.26 Å². The van der Waals surface area contributed by atoms with Crippen molar-refractivity contribution in [3.63, 3.8) is 0 Å². The Labute approximate surface area is 95.7 Å².